The van der Waals surface area contributed by atoms with E-state index in [4.69, 9.17) is 23.7 Å². The second-order valence-electron chi connectivity index (χ2n) is 22.4. The summed E-state index contributed by atoms with van der Waals surface area (Å²) in [7, 11) is 0. The molecule has 0 spiro atoms. The van der Waals surface area contributed by atoms with Crippen LogP contribution in [0.2, 0.25) is 0 Å². The predicted molar refractivity (Wildman–Crippen MR) is 331 cm³/mol. The molecule has 12 heteroatoms. The van der Waals surface area contributed by atoms with E-state index in [1.807, 2.05) is 0 Å². The van der Waals surface area contributed by atoms with Crippen LogP contribution in [0.15, 0.2) is 72.9 Å². The molecule has 1 saturated heterocycles. The van der Waals surface area contributed by atoms with Crippen LogP contribution >= 0.6 is 0 Å². The summed E-state index contributed by atoms with van der Waals surface area (Å²) in [6, 6.07) is 0. The minimum absolute atomic E-state index is 0.0521. The molecule has 3 N–H and O–H groups in total. The fourth-order valence-corrected chi connectivity index (χ4v) is 9.64. The molecule has 1 heterocycles. The molecule has 12 nitrogen and oxygen atoms in total. The normalized spacial score (nSPS) is 18.2. The minimum atomic E-state index is -1.91. The average Bonchev–Trinajstić information content (AvgIpc) is 3.54. The summed E-state index contributed by atoms with van der Waals surface area (Å²) < 4.78 is 28.5. The van der Waals surface area contributed by atoms with Crippen LogP contribution in [-0.4, -0.2) is 89.2 Å². The molecule has 1 rings (SSSR count). The van der Waals surface area contributed by atoms with Crippen molar-refractivity contribution in [1.82, 2.24) is 0 Å². The van der Waals surface area contributed by atoms with E-state index in [-0.39, 0.29) is 25.9 Å². The molecule has 0 bridgehead atoms. The van der Waals surface area contributed by atoms with Crippen molar-refractivity contribution in [2.75, 3.05) is 13.2 Å². The van der Waals surface area contributed by atoms with Gasteiger partial charge < -0.3 is 39.0 Å². The number of hydrogen-bond donors (Lipinski definition) is 3. The zero-order valence-electron chi connectivity index (χ0n) is 51.5. The molecule has 81 heavy (non-hydrogen) atoms. The van der Waals surface area contributed by atoms with E-state index in [1.54, 1.807) is 0 Å². The summed E-state index contributed by atoms with van der Waals surface area (Å²) in [5, 5.41) is 31.6. The van der Waals surface area contributed by atoms with E-state index in [0.717, 1.165) is 122 Å². The molecule has 0 radical (unpaired) electrons. The molecular formula is C69H118O12. The molecule has 0 amide bonds. The first-order valence-electron chi connectivity index (χ1n) is 32.9. The fraction of sp³-hybridized carbons (Fsp3) is 0.768. The molecule has 0 aromatic rings. The molecule has 1 fully saturated rings. The molecule has 0 aromatic heterocycles. The molecule has 1 aliphatic heterocycles. The molecule has 466 valence electrons. The number of aliphatic hydroxyl groups is 2. The summed E-state index contributed by atoms with van der Waals surface area (Å²) in [4.78, 5) is 51.3. The van der Waals surface area contributed by atoms with Gasteiger partial charge in [0.15, 0.2) is 24.6 Å². The Hall–Kier alpha value is -3.84. The van der Waals surface area contributed by atoms with Gasteiger partial charge in [0.1, 0.15) is 18.8 Å². The number of hydrogen-bond acceptors (Lipinski definition) is 11. The first kappa shape index (κ1) is 75.2. The lowest BCUT2D eigenvalue weighted by Crippen LogP contribution is -2.61. The molecule has 6 unspecified atom stereocenters. The molecule has 6 atom stereocenters. The van der Waals surface area contributed by atoms with Gasteiger partial charge in [-0.3, -0.25) is 14.4 Å². The van der Waals surface area contributed by atoms with Gasteiger partial charge in [0.05, 0.1) is 6.61 Å². The van der Waals surface area contributed by atoms with Gasteiger partial charge in [0, 0.05) is 19.3 Å². The molecule has 0 saturated carbocycles. The number of unbranched alkanes of at least 4 members (excludes halogenated alkanes) is 30. The molecule has 0 aliphatic carbocycles. The minimum Gasteiger partial charge on any atom is -0.479 e. The standard InChI is InChI=1S/C69H118O12/c1-4-7-10-13-16-19-22-25-28-30-31-33-36-39-42-45-48-51-54-57-63(72)80-67-65(74)64(73)66(68(75)76)81-69(67)78-59-60(79-62(71)56-53-50-47-44-41-38-34-27-24-21-18-15-12-9-6-3)58-77-61(70)55-52-49-46-43-40-37-35-32-29-26-23-20-17-14-11-8-5-2/h16-21,25-29,34,60,64-67,69,73-74H,4-15,22-24,30-33,35-59H2,1-3H3,(H,75,76)/b19-16-,20-17-,21-18-,28-25-,29-26-,34-27-. The average molecular weight is 1140 g/mol. The molecular weight excluding hydrogens is 1020 g/mol. The lowest BCUT2D eigenvalue weighted by atomic mass is 9.98. The van der Waals surface area contributed by atoms with Crippen molar-refractivity contribution in [3.05, 3.63) is 72.9 Å². The lowest BCUT2D eigenvalue weighted by Gasteiger charge is -2.40. The largest absolute Gasteiger partial charge is 0.479 e. The van der Waals surface area contributed by atoms with E-state index in [2.05, 4.69) is 93.7 Å². The van der Waals surface area contributed by atoms with Crippen molar-refractivity contribution in [2.45, 2.75) is 327 Å². The maximum atomic E-state index is 13.2. The number of ether oxygens (including phenoxy) is 5. The summed E-state index contributed by atoms with van der Waals surface area (Å²) in [6.07, 6.45) is 59.9. The summed E-state index contributed by atoms with van der Waals surface area (Å²) >= 11 is 0. The van der Waals surface area contributed by atoms with Crippen LogP contribution in [0.3, 0.4) is 0 Å². The highest BCUT2D eigenvalue weighted by atomic mass is 16.7. The van der Waals surface area contributed by atoms with Gasteiger partial charge in [0.2, 0.25) is 0 Å². The quantitative estimate of drug-likeness (QED) is 0.0228. The number of carbonyl (C=O) groups excluding carboxylic acids is 3. The third-order valence-electron chi connectivity index (χ3n) is 14.7. The Labute approximate surface area is 493 Å². The topological polar surface area (TPSA) is 175 Å². The van der Waals surface area contributed by atoms with Crippen LogP contribution in [0.5, 0.6) is 0 Å². The van der Waals surface area contributed by atoms with Gasteiger partial charge in [-0.2, -0.15) is 0 Å². The third-order valence-corrected chi connectivity index (χ3v) is 14.7. The Kier molecular flexibility index (Phi) is 52.6. The van der Waals surface area contributed by atoms with Gasteiger partial charge >= 0.3 is 23.9 Å². The number of carbonyl (C=O) groups is 4. The second kappa shape index (κ2) is 56.6. The van der Waals surface area contributed by atoms with Crippen LogP contribution in [0, 0.1) is 0 Å². The van der Waals surface area contributed by atoms with Crippen LogP contribution in [-0.2, 0) is 42.9 Å². The Balaban J connectivity index is 2.66. The highest BCUT2D eigenvalue weighted by Gasteiger charge is 2.50. The van der Waals surface area contributed by atoms with Crippen molar-refractivity contribution in [2.24, 2.45) is 0 Å². The van der Waals surface area contributed by atoms with E-state index in [1.165, 1.54) is 109 Å². The second-order valence-corrected chi connectivity index (χ2v) is 22.4. The van der Waals surface area contributed by atoms with E-state index < -0.39 is 67.3 Å². The summed E-state index contributed by atoms with van der Waals surface area (Å²) in [5.41, 5.74) is 0. The van der Waals surface area contributed by atoms with Crippen molar-refractivity contribution >= 4 is 23.9 Å². The Morgan fingerprint density at radius 3 is 1.11 bits per heavy atom. The van der Waals surface area contributed by atoms with E-state index in [9.17, 15) is 34.5 Å². The van der Waals surface area contributed by atoms with Crippen molar-refractivity contribution in [3.8, 4) is 0 Å². The first-order valence-corrected chi connectivity index (χ1v) is 32.9. The Bertz CT molecular complexity index is 1680. The number of rotatable bonds is 56. The van der Waals surface area contributed by atoms with Crippen LogP contribution in [0.25, 0.3) is 0 Å². The number of aliphatic carboxylic acids is 1. The van der Waals surface area contributed by atoms with Gasteiger partial charge in [-0.1, -0.05) is 229 Å². The third kappa shape index (κ3) is 46.3. The Morgan fingerprint density at radius 1 is 0.407 bits per heavy atom. The van der Waals surface area contributed by atoms with E-state index >= 15 is 0 Å². The smallest absolute Gasteiger partial charge is 0.335 e. The lowest BCUT2D eigenvalue weighted by molar-refractivity contribution is -0.301. The molecule has 1 aliphatic rings. The van der Waals surface area contributed by atoms with Crippen LogP contribution < -0.4 is 0 Å². The number of esters is 3. The number of carboxylic acid groups (broad SMARTS) is 1. The maximum Gasteiger partial charge on any atom is 0.335 e. The fourth-order valence-electron chi connectivity index (χ4n) is 9.64. The highest BCUT2D eigenvalue weighted by molar-refractivity contribution is 5.74. The number of allylic oxidation sites excluding steroid dienone is 12. The predicted octanol–water partition coefficient (Wildman–Crippen LogP) is 17.7. The number of aliphatic hydroxyl groups excluding tert-OH is 2. The van der Waals surface area contributed by atoms with Gasteiger partial charge in [-0.05, 0) is 116 Å². The SMILES string of the molecule is CCCCC/C=C\C/C=C\CCCCCCCCCCCC(=O)OC1C(OCC(COC(=O)CCCCCCCCC/C=C\C/C=C\CCCCC)OC(=O)CCCCCCC/C=C\C/C=C\CCCCC)OC(C(=O)O)C(O)C1O. The van der Waals surface area contributed by atoms with E-state index in [0.29, 0.717) is 19.3 Å². The summed E-state index contributed by atoms with van der Waals surface area (Å²) in [5.74, 6) is -3.14. The number of carboxylic acids is 1. The zero-order valence-corrected chi connectivity index (χ0v) is 51.5. The van der Waals surface area contributed by atoms with Crippen molar-refractivity contribution in [1.29, 1.82) is 0 Å². The van der Waals surface area contributed by atoms with Crippen molar-refractivity contribution < 1.29 is 58.2 Å². The Morgan fingerprint density at radius 2 is 0.741 bits per heavy atom. The monoisotopic (exact) mass is 1140 g/mol. The molecule has 0 aromatic carbocycles. The first-order chi connectivity index (χ1) is 39.6. The van der Waals surface area contributed by atoms with Crippen molar-refractivity contribution in [3.63, 3.8) is 0 Å². The van der Waals surface area contributed by atoms with Crippen LogP contribution in [0.1, 0.15) is 290 Å². The summed E-state index contributed by atoms with van der Waals surface area (Å²) in [6.45, 7) is 5.93. The zero-order chi connectivity index (χ0) is 58.9. The van der Waals surface area contributed by atoms with Gasteiger partial charge in [-0.25, -0.2) is 4.79 Å². The highest BCUT2D eigenvalue weighted by Crippen LogP contribution is 2.27. The van der Waals surface area contributed by atoms with Gasteiger partial charge in [-0.15, -0.1) is 0 Å². The van der Waals surface area contributed by atoms with Gasteiger partial charge in [0.25, 0.3) is 0 Å². The maximum absolute atomic E-state index is 13.2. The van der Waals surface area contributed by atoms with Crippen LogP contribution in [0.4, 0.5) is 0 Å².